The highest BCUT2D eigenvalue weighted by Gasteiger charge is 2.21. The molecule has 6 nitrogen and oxygen atoms in total. The van der Waals surface area contributed by atoms with Crippen LogP contribution in [0.15, 0.2) is 36.4 Å². The molecule has 1 atom stereocenters. The van der Waals surface area contributed by atoms with Gasteiger partial charge in [-0.05, 0) is 30.0 Å². The third-order valence-corrected chi connectivity index (χ3v) is 4.44. The fourth-order valence-corrected chi connectivity index (χ4v) is 2.78. The van der Waals surface area contributed by atoms with E-state index in [1.54, 1.807) is 0 Å². The zero-order valence-corrected chi connectivity index (χ0v) is 14.4. The van der Waals surface area contributed by atoms with Gasteiger partial charge in [-0.1, -0.05) is 26.0 Å². The first-order valence-electron chi connectivity index (χ1n) is 8.32. The van der Waals surface area contributed by atoms with Gasteiger partial charge in [-0.3, -0.25) is 10.1 Å². The van der Waals surface area contributed by atoms with Crippen LogP contribution in [0.3, 0.4) is 0 Å². The largest absolute Gasteiger partial charge is 0.489 e. The Morgan fingerprint density at radius 2 is 2.04 bits per heavy atom. The number of nitro benzene ring substituents is 1. The van der Waals surface area contributed by atoms with Gasteiger partial charge in [0.25, 0.3) is 5.69 Å². The lowest BCUT2D eigenvalue weighted by molar-refractivity contribution is -0.385. The third-order valence-electron chi connectivity index (χ3n) is 4.44. The molecule has 0 amide bonds. The van der Waals surface area contributed by atoms with Crippen LogP contribution in [0.2, 0.25) is 0 Å². The van der Waals surface area contributed by atoms with Crippen LogP contribution in [0.4, 0.5) is 5.69 Å². The topological polar surface area (TPSA) is 70.8 Å². The van der Waals surface area contributed by atoms with Crippen LogP contribution in [-0.4, -0.2) is 11.7 Å². The van der Waals surface area contributed by atoms with Gasteiger partial charge < -0.3 is 14.2 Å². The summed E-state index contributed by atoms with van der Waals surface area (Å²) in [6, 6.07) is 10.9. The van der Waals surface area contributed by atoms with Gasteiger partial charge in [0.15, 0.2) is 6.79 Å². The van der Waals surface area contributed by atoms with Gasteiger partial charge in [-0.15, -0.1) is 0 Å². The molecule has 1 aliphatic rings. The zero-order chi connectivity index (χ0) is 17.8. The zero-order valence-electron chi connectivity index (χ0n) is 14.4. The summed E-state index contributed by atoms with van der Waals surface area (Å²) >= 11 is 0. The summed E-state index contributed by atoms with van der Waals surface area (Å²) in [6.45, 7) is 4.98. The van der Waals surface area contributed by atoms with Gasteiger partial charge in [0, 0.05) is 23.3 Å². The van der Waals surface area contributed by atoms with Crippen molar-refractivity contribution in [1.29, 1.82) is 0 Å². The Morgan fingerprint density at radius 3 is 2.72 bits per heavy atom. The minimum Gasteiger partial charge on any atom is -0.489 e. The predicted octanol–water partition coefficient (Wildman–Crippen LogP) is 4.55. The van der Waals surface area contributed by atoms with E-state index in [1.807, 2.05) is 12.1 Å². The summed E-state index contributed by atoms with van der Waals surface area (Å²) in [5.74, 6) is 1.85. The average molecular weight is 343 g/mol. The molecule has 0 saturated heterocycles. The maximum Gasteiger partial charge on any atom is 0.270 e. The van der Waals surface area contributed by atoms with Crippen molar-refractivity contribution in [3.63, 3.8) is 0 Å². The van der Waals surface area contributed by atoms with Crippen molar-refractivity contribution in [2.75, 3.05) is 6.79 Å². The Balaban J connectivity index is 1.78. The smallest absolute Gasteiger partial charge is 0.270 e. The van der Waals surface area contributed by atoms with E-state index in [-0.39, 0.29) is 19.1 Å². The Kier molecular flexibility index (Phi) is 5.19. The van der Waals surface area contributed by atoms with Crippen LogP contribution in [0, 0.1) is 10.1 Å². The van der Waals surface area contributed by atoms with Gasteiger partial charge in [-0.25, -0.2) is 0 Å². The lowest BCUT2D eigenvalue weighted by atomic mass is 9.99. The molecule has 2 aromatic rings. The Hall–Kier alpha value is -2.60. The summed E-state index contributed by atoms with van der Waals surface area (Å²) in [4.78, 5) is 10.7. The van der Waals surface area contributed by atoms with Crippen LogP contribution in [0.5, 0.6) is 11.5 Å². The number of benzene rings is 2. The van der Waals surface area contributed by atoms with Crippen LogP contribution >= 0.6 is 0 Å². The first-order valence-corrected chi connectivity index (χ1v) is 8.32. The number of ether oxygens (including phenoxy) is 3. The number of non-ortho nitro benzene ring substituents is 1. The molecular weight excluding hydrogens is 322 g/mol. The van der Waals surface area contributed by atoms with Crippen molar-refractivity contribution in [3.8, 4) is 11.5 Å². The molecule has 0 radical (unpaired) electrons. The van der Waals surface area contributed by atoms with Gasteiger partial charge >= 0.3 is 0 Å². The predicted molar refractivity (Wildman–Crippen MR) is 92.9 cm³/mol. The summed E-state index contributed by atoms with van der Waals surface area (Å²) in [7, 11) is 0. The second-order valence-corrected chi connectivity index (χ2v) is 6.13. The van der Waals surface area contributed by atoms with Crippen LogP contribution in [0.25, 0.3) is 0 Å². The molecule has 0 unspecified atom stereocenters. The van der Waals surface area contributed by atoms with Crippen molar-refractivity contribution in [1.82, 2.24) is 0 Å². The van der Waals surface area contributed by atoms with Crippen molar-refractivity contribution < 1.29 is 19.1 Å². The van der Waals surface area contributed by atoms with Crippen molar-refractivity contribution in [2.24, 2.45) is 0 Å². The summed E-state index contributed by atoms with van der Waals surface area (Å²) < 4.78 is 16.5. The van der Waals surface area contributed by atoms with E-state index < -0.39 is 4.92 Å². The molecule has 3 rings (SSSR count). The monoisotopic (exact) mass is 343 g/mol. The SMILES string of the molecule is CC[C@@H](C)c1ccc(OCc2cc([N+](=O)[O-])cc3c2OCOC3)cc1. The molecule has 0 aromatic heterocycles. The average Bonchev–Trinajstić information content (AvgIpc) is 2.65. The highest BCUT2D eigenvalue weighted by Crippen LogP contribution is 2.33. The molecule has 0 saturated carbocycles. The molecule has 0 bridgehead atoms. The molecular formula is C19H21NO5. The van der Waals surface area contributed by atoms with Gasteiger partial charge in [0.1, 0.15) is 18.1 Å². The maximum absolute atomic E-state index is 11.1. The van der Waals surface area contributed by atoms with Crippen molar-refractivity contribution in [2.45, 2.75) is 39.4 Å². The van der Waals surface area contributed by atoms with Gasteiger partial charge in [0.05, 0.1) is 11.5 Å². The molecule has 0 aliphatic carbocycles. The highest BCUT2D eigenvalue weighted by atomic mass is 16.7. The van der Waals surface area contributed by atoms with Crippen molar-refractivity contribution in [3.05, 3.63) is 63.2 Å². The summed E-state index contributed by atoms with van der Waals surface area (Å²) in [5, 5.41) is 11.1. The molecule has 1 aliphatic heterocycles. The number of nitro groups is 1. The fraction of sp³-hybridized carbons (Fsp3) is 0.368. The molecule has 0 fully saturated rings. The number of hydrogen-bond donors (Lipinski definition) is 0. The first-order chi connectivity index (χ1) is 12.1. The minimum absolute atomic E-state index is 0.0126. The molecule has 0 spiro atoms. The second-order valence-electron chi connectivity index (χ2n) is 6.13. The Bertz CT molecular complexity index is 757. The highest BCUT2D eigenvalue weighted by molar-refractivity contribution is 5.50. The van der Waals surface area contributed by atoms with E-state index in [2.05, 4.69) is 26.0 Å². The van der Waals surface area contributed by atoms with E-state index in [1.165, 1.54) is 17.7 Å². The molecule has 132 valence electrons. The van der Waals surface area contributed by atoms with E-state index in [0.717, 1.165) is 12.2 Å². The van der Waals surface area contributed by atoms with E-state index in [0.29, 0.717) is 29.4 Å². The molecule has 6 heteroatoms. The van der Waals surface area contributed by atoms with E-state index >= 15 is 0 Å². The summed E-state index contributed by atoms with van der Waals surface area (Å²) in [5.41, 5.74) is 2.60. The van der Waals surface area contributed by atoms with E-state index in [4.69, 9.17) is 14.2 Å². The minimum atomic E-state index is -0.417. The normalized spacial score (nSPS) is 14.3. The van der Waals surface area contributed by atoms with Gasteiger partial charge in [0.2, 0.25) is 0 Å². The Morgan fingerprint density at radius 1 is 1.28 bits per heavy atom. The quantitative estimate of drug-likeness (QED) is 0.568. The number of fused-ring (bicyclic) bond motifs is 1. The van der Waals surface area contributed by atoms with E-state index in [9.17, 15) is 10.1 Å². The first kappa shape index (κ1) is 17.2. The lowest BCUT2D eigenvalue weighted by Gasteiger charge is -2.20. The van der Waals surface area contributed by atoms with Crippen LogP contribution in [-0.2, 0) is 18.0 Å². The van der Waals surface area contributed by atoms with Gasteiger partial charge in [-0.2, -0.15) is 0 Å². The standard InChI is InChI=1S/C19H21NO5/c1-3-13(2)14-4-6-18(7-5-14)24-11-16-9-17(20(21)22)8-15-10-23-12-25-19(15)16/h4-9,13H,3,10-12H2,1-2H3/t13-/m1/s1. The number of hydrogen-bond acceptors (Lipinski definition) is 5. The van der Waals surface area contributed by atoms with Crippen LogP contribution in [0.1, 0.15) is 42.9 Å². The second kappa shape index (κ2) is 7.53. The third kappa shape index (κ3) is 3.91. The number of nitrogens with zero attached hydrogens (tertiary/aromatic N) is 1. The fourth-order valence-electron chi connectivity index (χ4n) is 2.78. The molecule has 0 N–H and O–H groups in total. The number of rotatable bonds is 6. The molecule has 1 heterocycles. The maximum atomic E-state index is 11.1. The summed E-state index contributed by atoms with van der Waals surface area (Å²) in [6.07, 6.45) is 1.08. The van der Waals surface area contributed by atoms with Crippen LogP contribution < -0.4 is 9.47 Å². The Labute approximate surface area is 146 Å². The van der Waals surface area contributed by atoms with Crippen molar-refractivity contribution >= 4 is 5.69 Å². The lowest BCUT2D eigenvalue weighted by Crippen LogP contribution is -2.14. The molecule has 2 aromatic carbocycles. The molecule has 25 heavy (non-hydrogen) atoms.